The second-order valence-electron chi connectivity index (χ2n) is 6.01. The first kappa shape index (κ1) is 16.2. The molecule has 1 aromatic rings. The van der Waals surface area contributed by atoms with Crippen molar-refractivity contribution in [1.29, 1.82) is 5.26 Å². The van der Waals surface area contributed by atoms with Crippen molar-refractivity contribution in [3.05, 3.63) is 34.9 Å². The second kappa shape index (κ2) is 7.22. The van der Waals surface area contributed by atoms with Crippen LogP contribution < -0.4 is 0 Å². The van der Waals surface area contributed by atoms with Crippen LogP contribution >= 0.6 is 0 Å². The molecule has 1 fully saturated rings. The molecule has 1 aromatic carbocycles. The molecule has 2 rings (SSSR count). The highest BCUT2D eigenvalue weighted by atomic mass is 16.2. The third-order valence-electron chi connectivity index (χ3n) is 4.43. The number of nitriles is 1. The number of ketones is 1. The van der Waals surface area contributed by atoms with E-state index in [0.717, 1.165) is 24.0 Å². The predicted molar refractivity (Wildman–Crippen MR) is 84.4 cm³/mol. The third kappa shape index (κ3) is 3.94. The Kier molecular flexibility index (Phi) is 5.32. The number of carbonyl (C=O) groups excluding carboxylic acids is 2. The fourth-order valence-corrected chi connectivity index (χ4v) is 2.70. The van der Waals surface area contributed by atoms with Gasteiger partial charge >= 0.3 is 0 Å². The Morgan fingerprint density at radius 1 is 1.18 bits per heavy atom. The van der Waals surface area contributed by atoms with Gasteiger partial charge in [-0.15, -0.1) is 0 Å². The zero-order chi connectivity index (χ0) is 16.1. The number of amides is 1. The molecular formula is C18H22N2O2. The minimum Gasteiger partial charge on any atom is -0.343 e. The van der Waals surface area contributed by atoms with E-state index >= 15 is 0 Å². The Balaban J connectivity index is 1.84. The molecule has 0 bridgehead atoms. The molecule has 0 aromatic heterocycles. The van der Waals surface area contributed by atoms with Gasteiger partial charge in [0.05, 0.1) is 6.07 Å². The van der Waals surface area contributed by atoms with Crippen LogP contribution in [0.15, 0.2) is 18.2 Å². The minimum absolute atomic E-state index is 0.0170. The van der Waals surface area contributed by atoms with Crippen LogP contribution in [0.3, 0.4) is 0 Å². The van der Waals surface area contributed by atoms with Gasteiger partial charge in [0.25, 0.3) is 0 Å². The predicted octanol–water partition coefficient (Wildman–Crippen LogP) is 3.03. The van der Waals surface area contributed by atoms with Crippen LogP contribution in [-0.2, 0) is 4.79 Å². The maximum atomic E-state index is 12.2. The lowest BCUT2D eigenvalue weighted by Gasteiger charge is -2.29. The van der Waals surface area contributed by atoms with Crippen LogP contribution in [0.4, 0.5) is 0 Å². The zero-order valence-electron chi connectivity index (χ0n) is 13.3. The number of likely N-dealkylation sites (tertiary alicyclic amines) is 1. The molecule has 1 amide bonds. The van der Waals surface area contributed by atoms with Gasteiger partial charge in [-0.25, -0.2) is 0 Å². The minimum atomic E-state index is 0.0170. The van der Waals surface area contributed by atoms with Crippen molar-refractivity contribution in [3.63, 3.8) is 0 Å². The maximum Gasteiger partial charge on any atom is 0.223 e. The van der Waals surface area contributed by atoms with E-state index in [1.807, 2.05) is 32.0 Å². The highest BCUT2D eigenvalue weighted by Crippen LogP contribution is 2.18. The van der Waals surface area contributed by atoms with E-state index in [4.69, 9.17) is 5.26 Å². The molecule has 1 aliphatic rings. The second-order valence-corrected chi connectivity index (χ2v) is 6.01. The van der Waals surface area contributed by atoms with Gasteiger partial charge in [0.2, 0.25) is 5.91 Å². The smallest absolute Gasteiger partial charge is 0.223 e. The number of piperidine rings is 1. The topological polar surface area (TPSA) is 61.2 Å². The SMILES string of the molecule is Cc1ccc(C(=O)CCC(=O)N2CCC(C#N)CC2)cc1C. The fourth-order valence-electron chi connectivity index (χ4n) is 2.70. The van der Waals surface area contributed by atoms with Crippen LogP contribution in [0.2, 0.25) is 0 Å². The largest absolute Gasteiger partial charge is 0.343 e. The van der Waals surface area contributed by atoms with Crippen molar-refractivity contribution in [2.75, 3.05) is 13.1 Å². The number of Topliss-reactive ketones (excluding diaryl/α,β-unsaturated/α-hetero) is 1. The lowest BCUT2D eigenvalue weighted by Crippen LogP contribution is -2.38. The van der Waals surface area contributed by atoms with Crippen molar-refractivity contribution in [2.24, 2.45) is 5.92 Å². The molecule has 0 N–H and O–H groups in total. The summed E-state index contributed by atoms with van der Waals surface area (Å²) in [5, 5.41) is 8.86. The summed E-state index contributed by atoms with van der Waals surface area (Å²) in [5.74, 6) is 0.109. The van der Waals surface area contributed by atoms with Gasteiger partial charge in [0.1, 0.15) is 0 Å². The molecule has 4 heteroatoms. The van der Waals surface area contributed by atoms with Crippen LogP contribution in [0.1, 0.15) is 47.2 Å². The summed E-state index contributed by atoms with van der Waals surface area (Å²) in [4.78, 5) is 26.1. The Bertz CT molecular complexity index is 608. The molecule has 1 heterocycles. The van der Waals surface area contributed by atoms with Gasteiger partial charge < -0.3 is 4.90 Å². The molecular weight excluding hydrogens is 276 g/mol. The lowest BCUT2D eigenvalue weighted by molar-refractivity contribution is -0.132. The molecule has 1 aliphatic heterocycles. The zero-order valence-corrected chi connectivity index (χ0v) is 13.3. The summed E-state index contributed by atoms with van der Waals surface area (Å²) in [7, 11) is 0. The number of benzene rings is 1. The highest BCUT2D eigenvalue weighted by Gasteiger charge is 2.22. The van der Waals surface area contributed by atoms with Crippen molar-refractivity contribution < 1.29 is 9.59 Å². The molecule has 0 atom stereocenters. The average Bonchev–Trinajstić information content (AvgIpc) is 2.54. The highest BCUT2D eigenvalue weighted by molar-refractivity contribution is 5.98. The van der Waals surface area contributed by atoms with E-state index in [-0.39, 0.29) is 30.4 Å². The summed E-state index contributed by atoms with van der Waals surface area (Å²) < 4.78 is 0. The fraction of sp³-hybridized carbons (Fsp3) is 0.500. The van der Waals surface area contributed by atoms with E-state index in [0.29, 0.717) is 18.7 Å². The van der Waals surface area contributed by atoms with E-state index in [1.165, 1.54) is 0 Å². The number of hydrogen-bond donors (Lipinski definition) is 0. The summed E-state index contributed by atoms with van der Waals surface area (Å²) in [6.07, 6.45) is 1.99. The maximum absolute atomic E-state index is 12.2. The summed E-state index contributed by atoms with van der Waals surface area (Å²) in [6, 6.07) is 7.91. The van der Waals surface area contributed by atoms with Crippen LogP contribution in [0.25, 0.3) is 0 Å². The third-order valence-corrected chi connectivity index (χ3v) is 4.43. The van der Waals surface area contributed by atoms with Gasteiger partial charge in [-0.1, -0.05) is 12.1 Å². The molecule has 0 spiro atoms. The van der Waals surface area contributed by atoms with Crippen molar-refractivity contribution in [2.45, 2.75) is 39.5 Å². The summed E-state index contributed by atoms with van der Waals surface area (Å²) in [6.45, 7) is 5.26. The van der Waals surface area contributed by atoms with Gasteiger partial charge in [-0.3, -0.25) is 9.59 Å². The van der Waals surface area contributed by atoms with Gasteiger partial charge in [-0.05, 0) is 43.9 Å². The van der Waals surface area contributed by atoms with E-state index in [2.05, 4.69) is 6.07 Å². The number of rotatable bonds is 4. The molecule has 22 heavy (non-hydrogen) atoms. The van der Waals surface area contributed by atoms with Crippen LogP contribution in [0.5, 0.6) is 0 Å². The standard InChI is InChI=1S/C18H22N2O2/c1-13-3-4-16(11-14(13)2)17(21)5-6-18(22)20-9-7-15(12-19)8-10-20/h3-4,11,15H,5-10H2,1-2H3. The quantitative estimate of drug-likeness (QED) is 0.803. The average molecular weight is 298 g/mol. The first-order valence-corrected chi connectivity index (χ1v) is 7.79. The van der Waals surface area contributed by atoms with Gasteiger partial charge in [0, 0.05) is 37.4 Å². The van der Waals surface area contributed by atoms with Crippen molar-refractivity contribution in [3.8, 4) is 6.07 Å². The van der Waals surface area contributed by atoms with E-state index in [9.17, 15) is 9.59 Å². The Morgan fingerprint density at radius 3 is 2.45 bits per heavy atom. The molecule has 0 radical (unpaired) electrons. The normalized spacial score (nSPS) is 15.4. The van der Waals surface area contributed by atoms with Crippen LogP contribution in [0, 0.1) is 31.1 Å². The van der Waals surface area contributed by atoms with Gasteiger partial charge in [0.15, 0.2) is 5.78 Å². The van der Waals surface area contributed by atoms with Crippen molar-refractivity contribution in [1.82, 2.24) is 4.90 Å². The van der Waals surface area contributed by atoms with Gasteiger partial charge in [-0.2, -0.15) is 5.26 Å². The van der Waals surface area contributed by atoms with Crippen LogP contribution in [-0.4, -0.2) is 29.7 Å². The summed E-state index contributed by atoms with van der Waals surface area (Å²) in [5.41, 5.74) is 2.93. The lowest BCUT2D eigenvalue weighted by atomic mass is 9.97. The number of hydrogen-bond acceptors (Lipinski definition) is 3. The van der Waals surface area contributed by atoms with Crippen molar-refractivity contribution >= 4 is 11.7 Å². The van der Waals surface area contributed by atoms with E-state index in [1.54, 1.807) is 4.90 Å². The number of nitrogens with zero attached hydrogens (tertiary/aromatic N) is 2. The summed E-state index contributed by atoms with van der Waals surface area (Å²) >= 11 is 0. The molecule has 1 saturated heterocycles. The molecule has 0 aliphatic carbocycles. The monoisotopic (exact) mass is 298 g/mol. The number of aryl methyl sites for hydroxylation is 2. The molecule has 116 valence electrons. The molecule has 0 unspecified atom stereocenters. The Morgan fingerprint density at radius 2 is 1.86 bits per heavy atom. The molecule has 0 saturated carbocycles. The first-order valence-electron chi connectivity index (χ1n) is 7.79. The molecule has 4 nitrogen and oxygen atoms in total. The Labute approximate surface area is 131 Å². The Hall–Kier alpha value is -2.15. The number of carbonyl (C=O) groups is 2. The van der Waals surface area contributed by atoms with E-state index < -0.39 is 0 Å². The first-order chi connectivity index (χ1) is 10.5.